The third-order valence-corrected chi connectivity index (χ3v) is 4.09. The van der Waals surface area contributed by atoms with Crippen LogP contribution in [-0.4, -0.2) is 12.5 Å². The average Bonchev–Trinajstić information content (AvgIpc) is 2.52. The number of halogens is 2. The first-order valence-electron chi connectivity index (χ1n) is 7.06. The molecule has 0 aliphatic rings. The number of carbonyl (C=O) groups is 1. The minimum Gasteiger partial charge on any atom is -0.351 e. The quantitative estimate of drug-likeness (QED) is 0.838. The molecule has 116 valence electrons. The molecule has 2 aromatic rings. The number of hydrogen-bond acceptors (Lipinski definition) is 2. The summed E-state index contributed by atoms with van der Waals surface area (Å²) >= 11 is 12.2. The molecular formula is C17H18Cl2N2O. The van der Waals surface area contributed by atoms with Gasteiger partial charge in [-0.15, -0.1) is 0 Å². The topological polar surface area (TPSA) is 41.1 Å². The van der Waals surface area contributed by atoms with E-state index in [-0.39, 0.29) is 18.5 Å². The van der Waals surface area contributed by atoms with Crippen LogP contribution in [0.1, 0.15) is 24.1 Å². The second-order valence-electron chi connectivity index (χ2n) is 4.99. The number of carbonyl (C=O) groups excluding carboxylic acids is 1. The molecule has 0 radical (unpaired) electrons. The molecule has 0 aromatic heterocycles. The van der Waals surface area contributed by atoms with Crippen molar-refractivity contribution >= 4 is 29.1 Å². The normalized spacial score (nSPS) is 12.0. The standard InChI is InChI=1S/C17H18Cl2N2O/c1-12(14-7-3-5-9-16(14)19)20-11-17(22)21-10-13-6-2-4-8-15(13)18/h2-9,12,20H,10-11H2,1H3,(H,21,22)/t12-/m1/s1. The molecule has 0 aliphatic heterocycles. The van der Waals surface area contributed by atoms with Crippen molar-refractivity contribution in [3.05, 3.63) is 69.7 Å². The average molecular weight is 337 g/mol. The van der Waals surface area contributed by atoms with Crippen molar-refractivity contribution in [2.45, 2.75) is 19.5 Å². The lowest BCUT2D eigenvalue weighted by atomic mass is 10.1. The Morgan fingerprint density at radius 3 is 2.36 bits per heavy atom. The molecule has 0 heterocycles. The van der Waals surface area contributed by atoms with E-state index >= 15 is 0 Å². The van der Waals surface area contributed by atoms with Gasteiger partial charge in [0.25, 0.3) is 0 Å². The second-order valence-corrected chi connectivity index (χ2v) is 5.81. The maximum Gasteiger partial charge on any atom is 0.234 e. The number of rotatable bonds is 6. The molecule has 2 aromatic carbocycles. The van der Waals surface area contributed by atoms with Crippen LogP contribution in [0.4, 0.5) is 0 Å². The first kappa shape index (κ1) is 16.8. The van der Waals surface area contributed by atoms with Crippen molar-refractivity contribution in [2.24, 2.45) is 0 Å². The van der Waals surface area contributed by atoms with Gasteiger partial charge in [-0.05, 0) is 30.2 Å². The van der Waals surface area contributed by atoms with E-state index in [1.165, 1.54) is 0 Å². The maximum atomic E-state index is 11.9. The second kappa shape index (κ2) is 8.18. The van der Waals surface area contributed by atoms with E-state index in [2.05, 4.69) is 10.6 Å². The van der Waals surface area contributed by atoms with E-state index in [4.69, 9.17) is 23.2 Å². The summed E-state index contributed by atoms with van der Waals surface area (Å²) in [5, 5.41) is 7.35. The van der Waals surface area contributed by atoms with E-state index in [0.717, 1.165) is 11.1 Å². The van der Waals surface area contributed by atoms with Gasteiger partial charge in [0, 0.05) is 22.6 Å². The number of amides is 1. The molecule has 0 saturated heterocycles. The SMILES string of the molecule is C[C@@H](NCC(=O)NCc1ccccc1Cl)c1ccccc1Cl. The van der Waals surface area contributed by atoms with Gasteiger partial charge in [-0.2, -0.15) is 0 Å². The fraction of sp³-hybridized carbons (Fsp3) is 0.235. The monoisotopic (exact) mass is 336 g/mol. The predicted molar refractivity (Wildman–Crippen MR) is 91.2 cm³/mol. The highest BCUT2D eigenvalue weighted by molar-refractivity contribution is 6.31. The molecule has 0 unspecified atom stereocenters. The van der Waals surface area contributed by atoms with Crippen LogP contribution in [0.5, 0.6) is 0 Å². The first-order valence-corrected chi connectivity index (χ1v) is 7.81. The van der Waals surface area contributed by atoms with Gasteiger partial charge in [0.05, 0.1) is 6.54 Å². The molecular weight excluding hydrogens is 319 g/mol. The Hall–Kier alpha value is -1.55. The van der Waals surface area contributed by atoms with Crippen molar-refractivity contribution < 1.29 is 4.79 Å². The predicted octanol–water partition coefficient (Wildman–Crippen LogP) is 3.96. The van der Waals surface area contributed by atoms with Gasteiger partial charge in [0.15, 0.2) is 0 Å². The molecule has 2 N–H and O–H groups in total. The summed E-state index contributed by atoms with van der Waals surface area (Å²) in [4.78, 5) is 11.9. The summed E-state index contributed by atoms with van der Waals surface area (Å²) in [7, 11) is 0. The van der Waals surface area contributed by atoms with Crippen molar-refractivity contribution in [3.8, 4) is 0 Å². The van der Waals surface area contributed by atoms with Crippen molar-refractivity contribution in [1.29, 1.82) is 0 Å². The summed E-state index contributed by atoms with van der Waals surface area (Å²) < 4.78 is 0. The van der Waals surface area contributed by atoms with Crippen molar-refractivity contribution in [3.63, 3.8) is 0 Å². The van der Waals surface area contributed by atoms with Crippen LogP contribution >= 0.6 is 23.2 Å². The van der Waals surface area contributed by atoms with Crippen molar-refractivity contribution in [1.82, 2.24) is 10.6 Å². The van der Waals surface area contributed by atoms with E-state index in [9.17, 15) is 4.79 Å². The number of nitrogens with one attached hydrogen (secondary N) is 2. The molecule has 0 saturated carbocycles. The highest BCUT2D eigenvalue weighted by Gasteiger charge is 2.10. The molecule has 1 atom stereocenters. The van der Waals surface area contributed by atoms with Crippen molar-refractivity contribution in [2.75, 3.05) is 6.54 Å². The van der Waals surface area contributed by atoms with Gasteiger partial charge in [0.2, 0.25) is 5.91 Å². The van der Waals surface area contributed by atoms with Crippen LogP contribution < -0.4 is 10.6 Å². The summed E-state index contributed by atoms with van der Waals surface area (Å²) in [6.45, 7) is 2.61. The third kappa shape index (κ3) is 4.73. The van der Waals surface area contributed by atoms with Crippen LogP contribution in [0.25, 0.3) is 0 Å². The fourth-order valence-corrected chi connectivity index (χ4v) is 2.58. The van der Waals surface area contributed by atoms with Crippen LogP contribution in [0.2, 0.25) is 10.0 Å². The van der Waals surface area contributed by atoms with Gasteiger partial charge in [-0.1, -0.05) is 59.6 Å². The van der Waals surface area contributed by atoms with Gasteiger partial charge in [0.1, 0.15) is 0 Å². The molecule has 0 aliphatic carbocycles. The lowest BCUT2D eigenvalue weighted by Gasteiger charge is -2.15. The Balaban J connectivity index is 1.81. The number of hydrogen-bond donors (Lipinski definition) is 2. The number of benzene rings is 2. The Labute approximate surface area is 140 Å². The molecule has 3 nitrogen and oxygen atoms in total. The molecule has 0 bridgehead atoms. The first-order chi connectivity index (χ1) is 10.6. The summed E-state index contributed by atoms with van der Waals surface area (Å²) in [6, 6.07) is 15.1. The van der Waals surface area contributed by atoms with Crippen LogP contribution in [0.15, 0.2) is 48.5 Å². The Morgan fingerprint density at radius 1 is 1.05 bits per heavy atom. The van der Waals surface area contributed by atoms with Gasteiger partial charge in [-0.25, -0.2) is 0 Å². The minimum absolute atomic E-state index is 0.000219. The van der Waals surface area contributed by atoms with E-state index in [1.54, 1.807) is 6.07 Å². The third-order valence-electron chi connectivity index (χ3n) is 3.37. The van der Waals surface area contributed by atoms with E-state index in [0.29, 0.717) is 16.6 Å². The van der Waals surface area contributed by atoms with E-state index in [1.807, 2.05) is 49.4 Å². The largest absolute Gasteiger partial charge is 0.351 e. The van der Waals surface area contributed by atoms with Crippen LogP contribution in [-0.2, 0) is 11.3 Å². The van der Waals surface area contributed by atoms with Crippen LogP contribution in [0, 0.1) is 0 Å². The fourth-order valence-electron chi connectivity index (χ4n) is 2.08. The molecule has 1 amide bonds. The molecule has 5 heteroatoms. The highest BCUT2D eigenvalue weighted by Crippen LogP contribution is 2.21. The van der Waals surface area contributed by atoms with E-state index < -0.39 is 0 Å². The minimum atomic E-state index is -0.0844. The Bertz CT molecular complexity index is 646. The molecule has 22 heavy (non-hydrogen) atoms. The zero-order valence-corrected chi connectivity index (χ0v) is 13.8. The summed E-state index contributed by atoms with van der Waals surface area (Å²) in [5.74, 6) is -0.0844. The summed E-state index contributed by atoms with van der Waals surface area (Å²) in [5.41, 5.74) is 1.87. The Morgan fingerprint density at radius 2 is 1.68 bits per heavy atom. The smallest absolute Gasteiger partial charge is 0.234 e. The van der Waals surface area contributed by atoms with Crippen LogP contribution in [0.3, 0.4) is 0 Å². The van der Waals surface area contributed by atoms with Gasteiger partial charge < -0.3 is 10.6 Å². The molecule has 0 spiro atoms. The zero-order valence-electron chi connectivity index (χ0n) is 12.3. The lowest BCUT2D eigenvalue weighted by molar-refractivity contribution is -0.120. The Kier molecular flexibility index (Phi) is 6.25. The molecule has 2 rings (SSSR count). The maximum absolute atomic E-state index is 11.9. The van der Waals surface area contributed by atoms with Gasteiger partial charge >= 0.3 is 0 Å². The van der Waals surface area contributed by atoms with Gasteiger partial charge in [-0.3, -0.25) is 4.79 Å². The summed E-state index contributed by atoms with van der Waals surface area (Å²) in [6.07, 6.45) is 0. The highest BCUT2D eigenvalue weighted by atomic mass is 35.5. The lowest BCUT2D eigenvalue weighted by Crippen LogP contribution is -2.34. The zero-order chi connectivity index (χ0) is 15.9. The molecule has 0 fully saturated rings.